The van der Waals surface area contributed by atoms with Crippen molar-refractivity contribution in [3.8, 4) is 44.5 Å². The normalized spacial score (nSPS) is 12.1. The first-order valence-corrected chi connectivity index (χ1v) is 18.1. The van der Waals surface area contributed by atoms with Gasteiger partial charge in [0, 0.05) is 68.6 Å². The summed E-state index contributed by atoms with van der Waals surface area (Å²) in [6.45, 7) is -0.752. The van der Waals surface area contributed by atoms with Gasteiger partial charge in [-0.1, -0.05) is 0 Å². The van der Waals surface area contributed by atoms with E-state index in [0.717, 1.165) is 66.6 Å². The Hall–Kier alpha value is -6.96. The van der Waals surface area contributed by atoms with Gasteiger partial charge in [-0.2, -0.15) is 18.3 Å². The molecular weight excluding hydrogens is 705 g/mol. The summed E-state index contributed by atoms with van der Waals surface area (Å²) in [4.78, 5) is 18.0. The van der Waals surface area contributed by atoms with Crippen molar-refractivity contribution >= 4 is 46.4 Å². The van der Waals surface area contributed by atoms with Crippen molar-refractivity contribution < 1.29 is 38.7 Å². The molecular formula is C44H38N8O4+4. The van der Waals surface area contributed by atoms with Gasteiger partial charge >= 0.3 is 0 Å². The van der Waals surface area contributed by atoms with E-state index in [0.29, 0.717) is 22.8 Å². The van der Waals surface area contributed by atoms with Crippen LogP contribution < -0.4 is 18.3 Å². The summed E-state index contributed by atoms with van der Waals surface area (Å²) < 4.78 is 6.83. The van der Waals surface area contributed by atoms with E-state index in [1.54, 1.807) is 18.3 Å². The second-order valence-corrected chi connectivity index (χ2v) is 13.5. The zero-order valence-corrected chi connectivity index (χ0v) is 30.2. The molecule has 0 saturated heterocycles. The minimum Gasteiger partial charge on any atom is -0.354 e. The Morgan fingerprint density at radius 1 is 0.375 bits per heavy atom. The minimum atomic E-state index is -0.188. The molecule has 0 unspecified atom stereocenters. The number of aromatic nitrogens is 8. The van der Waals surface area contributed by atoms with E-state index < -0.39 is 0 Å². The molecule has 0 amide bonds. The fourth-order valence-electron chi connectivity index (χ4n) is 7.45. The molecule has 274 valence electrons. The summed E-state index contributed by atoms with van der Waals surface area (Å²) in [5, 5.41) is 40.4. The Labute approximate surface area is 320 Å². The van der Waals surface area contributed by atoms with Crippen LogP contribution in [-0.4, -0.2) is 40.4 Å². The average Bonchev–Trinajstić information content (AvgIpc) is 4.09. The standard InChI is InChI=1S/C44H38N8O4/c53-25-49-17-1-5-29(21-49)41-33-9-11-35(45-33)42(30-6-2-18-50(22-30)26-54)37-13-15-39(47-37)44(32-8-4-20-52(24-32)28-56)40-16-14-38(48-40)43(36-12-10-34(41)46-36)31-7-3-19-51(23-31)27-55/h1-24,45,48,53-56H,25-28H2/q+4. The largest absolute Gasteiger partial charge is 0.354 e. The Bertz CT molecular complexity index is 2510. The fraction of sp³-hybridized carbons (Fsp3) is 0.0909. The minimum absolute atomic E-state index is 0.188. The maximum atomic E-state index is 10.1. The van der Waals surface area contributed by atoms with Crippen LogP contribution >= 0.6 is 0 Å². The zero-order chi connectivity index (χ0) is 38.2. The molecule has 56 heavy (non-hydrogen) atoms. The number of hydrogen-bond donors (Lipinski definition) is 6. The summed E-state index contributed by atoms with van der Waals surface area (Å²) >= 11 is 0. The highest BCUT2D eigenvalue weighted by Crippen LogP contribution is 2.37. The number of nitrogens with zero attached hydrogens (tertiary/aromatic N) is 6. The second kappa shape index (κ2) is 14.7. The lowest BCUT2D eigenvalue weighted by molar-refractivity contribution is -0.729. The number of rotatable bonds is 8. The first kappa shape index (κ1) is 34.8. The van der Waals surface area contributed by atoms with E-state index in [4.69, 9.17) is 9.97 Å². The molecule has 0 atom stereocenters. The summed E-state index contributed by atoms with van der Waals surface area (Å²) in [7, 11) is 0. The van der Waals surface area contributed by atoms with Gasteiger partial charge in [0.25, 0.3) is 0 Å². The highest BCUT2D eigenvalue weighted by atomic mass is 16.3. The predicted molar refractivity (Wildman–Crippen MR) is 210 cm³/mol. The lowest BCUT2D eigenvalue weighted by Crippen LogP contribution is -2.32. The van der Waals surface area contributed by atoms with E-state index in [2.05, 4.69) is 9.97 Å². The van der Waals surface area contributed by atoms with Gasteiger partial charge in [0.15, 0.2) is 49.6 Å². The molecule has 2 aliphatic rings. The van der Waals surface area contributed by atoms with Crippen molar-refractivity contribution in [2.45, 2.75) is 26.9 Å². The third-order valence-electron chi connectivity index (χ3n) is 9.99. The number of aromatic amines is 2. The summed E-state index contributed by atoms with van der Waals surface area (Å²) in [6.07, 6.45) is 22.8. The van der Waals surface area contributed by atoms with E-state index in [-0.39, 0.29) is 26.9 Å². The van der Waals surface area contributed by atoms with Crippen LogP contribution in [-0.2, 0) is 26.9 Å². The lowest BCUT2D eigenvalue weighted by Gasteiger charge is -2.06. The Morgan fingerprint density at radius 3 is 0.857 bits per heavy atom. The van der Waals surface area contributed by atoms with Crippen LogP contribution in [0.4, 0.5) is 0 Å². The number of fused-ring (bicyclic) bond motifs is 8. The SMILES string of the molecule is OC[n+]1cccc(-c2c3nc(c(-c4ccc[n+](CO)c4)c4ccc([nH]4)c(-c4ccc[n+](CO)c4)c4nc(c(-c5ccc[n+](CO)c5)c5ccc2[nH]5)C=C4)C=C3)c1. The van der Waals surface area contributed by atoms with Crippen LogP contribution in [0.15, 0.2) is 122 Å². The molecule has 9 rings (SSSR count). The Balaban J connectivity index is 1.47. The number of aliphatic hydroxyl groups is 4. The highest BCUT2D eigenvalue weighted by molar-refractivity contribution is 5.99. The molecule has 12 heteroatoms. The number of aliphatic hydroxyl groups excluding tert-OH is 4. The monoisotopic (exact) mass is 742 g/mol. The molecule has 9 heterocycles. The van der Waals surface area contributed by atoms with Crippen molar-refractivity contribution in [3.05, 3.63) is 145 Å². The summed E-state index contributed by atoms with van der Waals surface area (Å²) in [5.74, 6) is 0. The molecule has 0 aromatic carbocycles. The third kappa shape index (κ3) is 6.38. The highest BCUT2D eigenvalue weighted by Gasteiger charge is 2.22. The van der Waals surface area contributed by atoms with Crippen LogP contribution in [0.2, 0.25) is 0 Å². The molecule has 7 aromatic rings. The van der Waals surface area contributed by atoms with Crippen LogP contribution in [0.25, 0.3) is 90.9 Å². The zero-order valence-electron chi connectivity index (χ0n) is 30.2. The quantitative estimate of drug-likeness (QED) is 0.128. The second-order valence-electron chi connectivity index (χ2n) is 13.5. The third-order valence-corrected chi connectivity index (χ3v) is 9.99. The molecule has 7 aromatic heterocycles. The van der Waals surface area contributed by atoms with Crippen LogP contribution in [0.5, 0.6) is 0 Å². The molecule has 6 N–H and O–H groups in total. The lowest BCUT2D eigenvalue weighted by atomic mass is 10.1. The molecule has 0 radical (unpaired) electrons. The fourth-order valence-corrected chi connectivity index (χ4v) is 7.45. The smallest absolute Gasteiger partial charge is 0.250 e. The molecule has 0 aliphatic carbocycles. The number of pyridine rings is 4. The molecule has 0 fully saturated rings. The van der Waals surface area contributed by atoms with E-state index in [9.17, 15) is 20.4 Å². The van der Waals surface area contributed by atoms with E-state index in [1.807, 2.05) is 147 Å². The molecule has 8 bridgehead atoms. The van der Waals surface area contributed by atoms with Gasteiger partial charge < -0.3 is 30.4 Å². The van der Waals surface area contributed by atoms with Crippen LogP contribution in [0, 0.1) is 0 Å². The number of hydrogen-bond acceptors (Lipinski definition) is 6. The van der Waals surface area contributed by atoms with Crippen molar-refractivity contribution in [3.63, 3.8) is 0 Å². The predicted octanol–water partition coefficient (Wildman–Crippen LogP) is 4.27. The van der Waals surface area contributed by atoms with E-state index >= 15 is 0 Å². The van der Waals surface area contributed by atoms with E-state index in [1.165, 1.54) is 0 Å². The maximum absolute atomic E-state index is 10.1. The Morgan fingerprint density at radius 2 is 0.625 bits per heavy atom. The average molecular weight is 743 g/mol. The maximum Gasteiger partial charge on any atom is 0.250 e. The summed E-state index contributed by atoms with van der Waals surface area (Å²) in [5.41, 5.74) is 12.7. The first-order chi connectivity index (χ1) is 27.5. The van der Waals surface area contributed by atoms with Gasteiger partial charge in [0.1, 0.15) is 0 Å². The first-order valence-electron chi connectivity index (χ1n) is 18.1. The van der Waals surface area contributed by atoms with Gasteiger partial charge in [-0.3, -0.25) is 0 Å². The number of H-pyrrole nitrogens is 2. The Kier molecular flexibility index (Phi) is 9.13. The van der Waals surface area contributed by atoms with Gasteiger partial charge in [0.2, 0.25) is 26.9 Å². The molecule has 0 spiro atoms. The molecule has 12 nitrogen and oxygen atoms in total. The topological polar surface area (TPSA) is 154 Å². The molecule has 2 aliphatic heterocycles. The van der Waals surface area contributed by atoms with Crippen molar-refractivity contribution in [2.24, 2.45) is 0 Å². The summed E-state index contributed by atoms with van der Waals surface area (Å²) in [6, 6.07) is 23.7. The van der Waals surface area contributed by atoms with Crippen molar-refractivity contribution in [1.29, 1.82) is 0 Å². The van der Waals surface area contributed by atoms with Crippen molar-refractivity contribution in [2.75, 3.05) is 0 Å². The van der Waals surface area contributed by atoms with Gasteiger partial charge in [-0.05, 0) is 72.8 Å². The van der Waals surface area contributed by atoms with Crippen LogP contribution in [0.3, 0.4) is 0 Å². The van der Waals surface area contributed by atoms with Crippen LogP contribution in [0.1, 0.15) is 22.8 Å². The van der Waals surface area contributed by atoms with Gasteiger partial charge in [-0.15, -0.1) is 0 Å². The molecule has 0 saturated carbocycles. The van der Waals surface area contributed by atoms with Gasteiger partial charge in [-0.25, -0.2) is 9.97 Å². The van der Waals surface area contributed by atoms with Crippen molar-refractivity contribution in [1.82, 2.24) is 19.9 Å². The number of nitrogens with one attached hydrogen (secondary N) is 2. The van der Waals surface area contributed by atoms with Gasteiger partial charge in [0.05, 0.1) is 45.0 Å².